The predicted octanol–water partition coefficient (Wildman–Crippen LogP) is 4.91. The summed E-state index contributed by atoms with van der Waals surface area (Å²) in [4.78, 5) is 27.0. The molecule has 3 aliphatic rings. The van der Waals surface area contributed by atoms with Gasteiger partial charge in [-0.1, -0.05) is 41.4 Å². The number of β-amino-alcohol motifs (C(OH)–C–C–N with tert-alkyl or cyclic N) is 1. The van der Waals surface area contributed by atoms with Crippen molar-refractivity contribution in [2.24, 2.45) is 5.92 Å². The van der Waals surface area contributed by atoms with Crippen LogP contribution in [0, 0.1) is 5.92 Å². The number of benzene rings is 2. The number of esters is 1. The number of rotatable bonds is 7. The number of carbonyl (C=O) groups excluding carboxylic acids is 2. The fourth-order valence-corrected chi connectivity index (χ4v) is 6.66. The number of likely N-dealkylation sites (tertiary alicyclic amines) is 1. The smallest absolute Gasteiger partial charge is 0.308 e. The Hall–Kier alpha value is -2.12. The topological polar surface area (TPSA) is 78.9 Å². The van der Waals surface area contributed by atoms with Crippen LogP contribution >= 0.6 is 23.2 Å². The maximum atomic E-state index is 13.0. The standard InChI is InChI=1S/C29H34Cl2N2O4/c1-19(34)37-24-4-2-3-22(15-24)28-11-12-33(17-20-5-6-20)18-29(28,36)10-9-23(16-28)32-27(35)14-21-7-8-25(30)26(31)13-21/h2-4,7-8,13,15,20,23,36H,5-6,9-12,14,16-18H2,1H3,(H,32,35)/t23-,28-,29-/m0/s1. The molecule has 0 aromatic heterocycles. The number of fused-ring (bicyclic) bond motifs is 1. The summed E-state index contributed by atoms with van der Waals surface area (Å²) in [6.07, 6.45) is 5.45. The fourth-order valence-electron chi connectivity index (χ4n) is 6.34. The molecule has 0 bridgehead atoms. The molecule has 1 amide bonds. The maximum Gasteiger partial charge on any atom is 0.308 e. The Balaban J connectivity index is 1.38. The SMILES string of the molecule is CC(=O)Oc1cccc([C@@]23CCN(CC4CC4)C[C@@]2(O)CC[C@H](NC(=O)Cc2ccc(Cl)c(Cl)c2)C3)c1. The zero-order chi connectivity index (χ0) is 26.2. The largest absolute Gasteiger partial charge is 0.427 e. The van der Waals surface area contributed by atoms with Gasteiger partial charge in [-0.25, -0.2) is 0 Å². The molecule has 37 heavy (non-hydrogen) atoms. The lowest BCUT2D eigenvalue weighted by molar-refractivity contribution is -0.134. The first-order valence-corrected chi connectivity index (χ1v) is 13.9. The molecule has 5 rings (SSSR count). The van der Waals surface area contributed by atoms with Crippen LogP contribution in [0.15, 0.2) is 42.5 Å². The molecule has 1 heterocycles. The third-order valence-corrected chi connectivity index (χ3v) is 9.05. The number of nitrogens with one attached hydrogen (secondary N) is 1. The highest BCUT2D eigenvalue weighted by Gasteiger charge is 2.58. The van der Waals surface area contributed by atoms with Crippen LogP contribution in [0.5, 0.6) is 5.75 Å². The van der Waals surface area contributed by atoms with Crippen LogP contribution in [-0.2, 0) is 21.4 Å². The van der Waals surface area contributed by atoms with E-state index in [1.807, 2.05) is 24.3 Å². The van der Waals surface area contributed by atoms with Crippen LogP contribution < -0.4 is 10.1 Å². The van der Waals surface area contributed by atoms with E-state index in [1.165, 1.54) is 19.8 Å². The van der Waals surface area contributed by atoms with Crippen molar-refractivity contribution in [3.05, 3.63) is 63.6 Å². The van der Waals surface area contributed by atoms with Gasteiger partial charge in [0.05, 0.1) is 22.1 Å². The van der Waals surface area contributed by atoms with Gasteiger partial charge < -0.3 is 20.1 Å². The molecule has 3 atom stereocenters. The highest BCUT2D eigenvalue weighted by Crippen LogP contribution is 2.52. The monoisotopic (exact) mass is 544 g/mol. The van der Waals surface area contributed by atoms with E-state index in [4.69, 9.17) is 27.9 Å². The Kier molecular flexibility index (Phi) is 7.56. The van der Waals surface area contributed by atoms with Gasteiger partial charge in [0.1, 0.15) is 5.75 Å². The van der Waals surface area contributed by atoms with Gasteiger partial charge in [-0.2, -0.15) is 0 Å². The Labute approximate surface area is 228 Å². The van der Waals surface area contributed by atoms with Crippen molar-refractivity contribution in [3.8, 4) is 5.75 Å². The van der Waals surface area contributed by atoms with Gasteiger partial charge in [0.15, 0.2) is 0 Å². The van der Waals surface area contributed by atoms with E-state index in [-0.39, 0.29) is 24.3 Å². The van der Waals surface area contributed by atoms with Gasteiger partial charge in [-0.05, 0) is 86.4 Å². The minimum Gasteiger partial charge on any atom is -0.427 e. The molecule has 6 nitrogen and oxygen atoms in total. The molecule has 2 N–H and O–H groups in total. The Bertz CT molecular complexity index is 1190. The number of hydrogen-bond donors (Lipinski definition) is 2. The van der Waals surface area contributed by atoms with E-state index in [1.54, 1.807) is 18.2 Å². The molecule has 0 radical (unpaired) electrons. The number of piperidine rings is 1. The number of hydrogen-bond acceptors (Lipinski definition) is 5. The van der Waals surface area contributed by atoms with Crippen LogP contribution in [-0.4, -0.2) is 53.2 Å². The second kappa shape index (κ2) is 10.6. The van der Waals surface area contributed by atoms with Crippen LogP contribution in [0.4, 0.5) is 0 Å². The van der Waals surface area contributed by atoms with Crippen molar-refractivity contribution >= 4 is 35.1 Å². The summed E-state index contributed by atoms with van der Waals surface area (Å²) in [5.74, 6) is 0.775. The van der Waals surface area contributed by atoms with Gasteiger partial charge in [0, 0.05) is 31.5 Å². The van der Waals surface area contributed by atoms with Gasteiger partial charge >= 0.3 is 5.97 Å². The molecule has 8 heteroatoms. The quantitative estimate of drug-likeness (QED) is 0.382. The lowest BCUT2D eigenvalue weighted by atomic mass is 9.55. The first-order valence-electron chi connectivity index (χ1n) is 13.1. The van der Waals surface area contributed by atoms with Gasteiger partial charge in [0.25, 0.3) is 0 Å². The third kappa shape index (κ3) is 5.83. The zero-order valence-electron chi connectivity index (χ0n) is 21.1. The summed E-state index contributed by atoms with van der Waals surface area (Å²) in [6.45, 7) is 3.93. The summed E-state index contributed by atoms with van der Waals surface area (Å²) in [6, 6.07) is 12.7. The van der Waals surface area contributed by atoms with E-state index in [9.17, 15) is 14.7 Å². The van der Waals surface area contributed by atoms with Crippen molar-refractivity contribution in [3.63, 3.8) is 0 Å². The first-order chi connectivity index (χ1) is 17.7. The highest BCUT2D eigenvalue weighted by molar-refractivity contribution is 6.42. The van der Waals surface area contributed by atoms with E-state index >= 15 is 0 Å². The third-order valence-electron chi connectivity index (χ3n) is 8.31. The summed E-state index contributed by atoms with van der Waals surface area (Å²) in [5, 5.41) is 16.3. The summed E-state index contributed by atoms with van der Waals surface area (Å²) < 4.78 is 5.39. The number of carbonyl (C=O) groups is 2. The van der Waals surface area contributed by atoms with Crippen LogP contribution in [0.1, 0.15) is 56.6 Å². The molecular formula is C29H34Cl2N2O4. The predicted molar refractivity (Wildman–Crippen MR) is 144 cm³/mol. The zero-order valence-corrected chi connectivity index (χ0v) is 22.7. The van der Waals surface area contributed by atoms with Crippen LogP contribution in [0.3, 0.4) is 0 Å². The lowest BCUT2D eigenvalue weighted by Gasteiger charge is -2.58. The number of aliphatic hydroxyl groups is 1. The van der Waals surface area contributed by atoms with Crippen molar-refractivity contribution in [2.45, 2.75) is 68.9 Å². The minimum atomic E-state index is -0.931. The molecular weight excluding hydrogens is 511 g/mol. The van der Waals surface area contributed by atoms with Crippen molar-refractivity contribution < 1.29 is 19.4 Å². The Morgan fingerprint density at radius 2 is 1.92 bits per heavy atom. The normalized spacial score (nSPS) is 27.8. The minimum absolute atomic E-state index is 0.0798. The molecule has 2 aromatic rings. The molecule has 2 aliphatic carbocycles. The van der Waals surface area contributed by atoms with Crippen molar-refractivity contribution in [1.29, 1.82) is 0 Å². The summed E-state index contributed by atoms with van der Waals surface area (Å²) in [5.41, 5.74) is 0.280. The van der Waals surface area contributed by atoms with Gasteiger partial charge in [-0.15, -0.1) is 0 Å². The average molecular weight is 546 g/mol. The van der Waals surface area contributed by atoms with E-state index in [0.29, 0.717) is 41.6 Å². The van der Waals surface area contributed by atoms with Gasteiger partial charge in [0.2, 0.25) is 5.91 Å². The van der Waals surface area contributed by atoms with E-state index in [0.717, 1.165) is 36.6 Å². The van der Waals surface area contributed by atoms with E-state index < -0.39 is 11.0 Å². The average Bonchev–Trinajstić information content (AvgIpc) is 3.65. The van der Waals surface area contributed by atoms with Crippen LogP contribution in [0.2, 0.25) is 10.0 Å². The molecule has 0 unspecified atom stereocenters. The number of nitrogens with zero attached hydrogens (tertiary/aromatic N) is 1. The fraction of sp³-hybridized carbons (Fsp3) is 0.517. The number of amides is 1. The second-order valence-corrected chi connectivity index (χ2v) is 11.9. The number of ether oxygens (including phenoxy) is 1. The summed E-state index contributed by atoms with van der Waals surface area (Å²) in [7, 11) is 0. The second-order valence-electron chi connectivity index (χ2n) is 11.1. The lowest BCUT2D eigenvalue weighted by Crippen LogP contribution is -2.67. The molecule has 0 spiro atoms. The summed E-state index contributed by atoms with van der Waals surface area (Å²) >= 11 is 12.1. The van der Waals surface area contributed by atoms with Gasteiger partial charge in [-0.3, -0.25) is 9.59 Å². The van der Waals surface area contributed by atoms with Crippen molar-refractivity contribution in [1.82, 2.24) is 10.2 Å². The maximum absolute atomic E-state index is 13.0. The van der Waals surface area contributed by atoms with E-state index in [2.05, 4.69) is 10.2 Å². The van der Waals surface area contributed by atoms with Crippen LogP contribution in [0.25, 0.3) is 0 Å². The molecule has 1 saturated heterocycles. The first kappa shape index (κ1) is 26.5. The number of halogens is 2. The Morgan fingerprint density at radius 3 is 2.65 bits per heavy atom. The molecule has 2 saturated carbocycles. The molecule has 2 aromatic carbocycles. The molecule has 3 fully saturated rings. The van der Waals surface area contributed by atoms with Crippen molar-refractivity contribution in [2.75, 3.05) is 19.6 Å². The molecule has 1 aliphatic heterocycles. The molecule has 198 valence electrons. The highest BCUT2D eigenvalue weighted by atomic mass is 35.5. The Morgan fingerprint density at radius 1 is 1.11 bits per heavy atom.